The molecule has 0 spiro atoms. The molecule has 2 aliphatic heterocycles. The third-order valence-electron chi connectivity index (χ3n) is 3.99. The maximum atomic E-state index is 12.8. The molecule has 1 unspecified atom stereocenters. The van der Waals surface area contributed by atoms with Gasteiger partial charge in [-0.2, -0.15) is 0 Å². The molecule has 1 aromatic carbocycles. The van der Waals surface area contributed by atoms with Gasteiger partial charge in [-0.25, -0.2) is 9.18 Å². The fourth-order valence-corrected chi connectivity index (χ4v) is 2.75. The highest BCUT2D eigenvalue weighted by Crippen LogP contribution is 2.29. The van der Waals surface area contributed by atoms with Gasteiger partial charge in [-0.05, 0) is 18.6 Å². The first-order chi connectivity index (χ1) is 11.7. The van der Waals surface area contributed by atoms with Crippen LogP contribution in [0.15, 0.2) is 24.3 Å². The monoisotopic (exact) mass is 361 g/mol. The number of carbonyl (C=O) groups excluding carboxylic acids is 2. The van der Waals surface area contributed by atoms with Crippen molar-refractivity contribution in [3.05, 3.63) is 24.3 Å². The third kappa shape index (κ3) is 3.94. The van der Waals surface area contributed by atoms with Crippen molar-refractivity contribution in [1.82, 2.24) is 10.2 Å². The molecule has 0 saturated carbocycles. The maximum Gasteiger partial charge on any atom is 0.573 e. The van der Waals surface area contributed by atoms with Gasteiger partial charge in [0.1, 0.15) is 18.0 Å². The summed E-state index contributed by atoms with van der Waals surface area (Å²) in [6, 6.07) is 3.75. The SMILES string of the molecule is O=C(NC1CCN(c2cccc(OC(F)(F)F)c2)C1=O)N1CC(F)C1. The molecular weight excluding hydrogens is 346 g/mol. The maximum absolute atomic E-state index is 12.8. The van der Waals surface area contributed by atoms with E-state index in [4.69, 9.17) is 0 Å². The Morgan fingerprint density at radius 2 is 2.00 bits per heavy atom. The summed E-state index contributed by atoms with van der Waals surface area (Å²) >= 11 is 0. The molecule has 1 aromatic rings. The van der Waals surface area contributed by atoms with Crippen molar-refractivity contribution in [3.8, 4) is 5.75 Å². The van der Waals surface area contributed by atoms with Crippen LogP contribution in [0.4, 0.5) is 28.0 Å². The smallest absolute Gasteiger partial charge is 0.406 e. The van der Waals surface area contributed by atoms with Crippen molar-refractivity contribution in [2.45, 2.75) is 25.0 Å². The molecule has 0 bridgehead atoms. The molecule has 3 amide bonds. The number of amides is 3. The molecule has 0 aromatic heterocycles. The van der Waals surface area contributed by atoms with Crippen LogP contribution in [0.25, 0.3) is 0 Å². The number of hydrogen-bond acceptors (Lipinski definition) is 3. The molecule has 10 heteroatoms. The molecule has 2 saturated heterocycles. The number of rotatable bonds is 3. The average molecular weight is 361 g/mol. The number of hydrogen-bond donors (Lipinski definition) is 1. The molecule has 0 radical (unpaired) electrons. The molecule has 1 atom stereocenters. The van der Waals surface area contributed by atoms with E-state index in [0.29, 0.717) is 6.42 Å². The van der Waals surface area contributed by atoms with Crippen LogP contribution in [0, 0.1) is 0 Å². The standard InChI is InChI=1S/C15H15F4N3O3/c16-9-7-21(8-9)14(24)20-12-4-5-22(13(12)23)10-2-1-3-11(6-10)25-15(17,18)19/h1-3,6,9,12H,4-5,7-8H2,(H,20,24). The molecule has 6 nitrogen and oxygen atoms in total. The van der Waals surface area contributed by atoms with E-state index in [2.05, 4.69) is 10.1 Å². The summed E-state index contributed by atoms with van der Waals surface area (Å²) in [6.07, 6.45) is -5.56. The van der Waals surface area contributed by atoms with E-state index < -0.39 is 36.3 Å². The van der Waals surface area contributed by atoms with Gasteiger partial charge in [0.25, 0.3) is 0 Å². The lowest BCUT2D eigenvalue weighted by Crippen LogP contribution is -2.57. The van der Waals surface area contributed by atoms with E-state index in [0.717, 1.165) is 12.1 Å². The lowest BCUT2D eigenvalue weighted by Gasteiger charge is -2.34. The minimum atomic E-state index is -4.82. The van der Waals surface area contributed by atoms with Gasteiger partial charge in [0, 0.05) is 18.3 Å². The van der Waals surface area contributed by atoms with E-state index in [1.54, 1.807) is 0 Å². The fraction of sp³-hybridized carbons (Fsp3) is 0.467. The van der Waals surface area contributed by atoms with E-state index in [9.17, 15) is 27.2 Å². The summed E-state index contributed by atoms with van der Waals surface area (Å²) in [5.41, 5.74) is 0.247. The lowest BCUT2D eigenvalue weighted by molar-refractivity contribution is -0.274. The quantitative estimate of drug-likeness (QED) is 0.839. The number of halogens is 4. The first-order valence-electron chi connectivity index (χ1n) is 7.59. The summed E-state index contributed by atoms with van der Waals surface area (Å²) in [6.45, 7) is 0.228. The normalized spacial score (nSPS) is 21.3. The number of nitrogens with zero attached hydrogens (tertiary/aromatic N) is 2. The van der Waals surface area contributed by atoms with E-state index >= 15 is 0 Å². The number of urea groups is 1. The van der Waals surface area contributed by atoms with Gasteiger partial charge >= 0.3 is 12.4 Å². The minimum absolute atomic E-state index is 0.00666. The van der Waals surface area contributed by atoms with Crippen molar-refractivity contribution < 1.29 is 31.9 Å². The van der Waals surface area contributed by atoms with Crippen LogP contribution < -0.4 is 15.0 Å². The number of ether oxygens (including phenoxy) is 1. The second kappa shape index (κ2) is 6.41. The summed E-state index contributed by atoms with van der Waals surface area (Å²) in [5, 5.41) is 2.52. The first kappa shape index (κ1) is 17.3. The van der Waals surface area contributed by atoms with Crippen molar-refractivity contribution in [2.75, 3.05) is 24.5 Å². The van der Waals surface area contributed by atoms with Gasteiger partial charge in [0.05, 0.1) is 13.1 Å². The Balaban J connectivity index is 1.63. The molecular formula is C15H15F4N3O3. The number of alkyl halides is 4. The highest BCUT2D eigenvalue weighted by Gasteiger charge is 2.37. The summed E-state index contributed by atoms with van der Waals surface area (Å²) in [5.74, 6) is -0.866. The van der Waals surface area contributed by atoms with Crippen molar-refractivity contribution >= 4 is 17.6 Å². The number of carbonyl (C=O) groups is 2. The average Bonchev–Trinajstić information content (AvgIpc) is 2.83. The Morgan fingerprint density at radius 1 is 1.28 bits per heavy atom. The van der Waals surface area contributed by atoms with Gasteiger partial charge in [0.15, 0.2) is 0 Å². The van der Waals surface area contributed by atoms with Crippen molar-refractivity contribution in [1.29, 1.82) is 0 Å². The summed E-state index contributed by atoms with van der Waals surface area (Å²) < 4.78 is 53.5. The van der Waals surface area contributed by atoms with Crippen LogP contribution in [0.5, 0.6) is 5.75 Å². The van der Waals surface area contributed by atoms with Crippen LogP contribution in [-0.4, -0.2) is 55.0 Å². The third-order valence-corrected chi connectivity index (χ3v) is 3.99. The van der Waals surface area contributed by atoms with Gasteiger partial charge in [0.2, 0.25) is 5.91 Å². The van der Waals surface area contributed by atoms with Gasteiger partial charge in [-0.1, -0.05) is 6.07 Å². The second-order valence-electron chi connectivity index (χ2n) is 5.83. The Labute approximate surface area is 140 Å². The topological polar surface area (TPSA) is 61.9 Å². The number of nitrogens with one attached hydrogen (secondary N) is 1. The Hall–Kier alpha value is -2.52. The molecule has 2 heterocycles. The lowest BCUT2D eigenvalue weighted by atomic mass is 10.2. The Kier molecular flexibility index (Phi) is 4.44. The van der Waals surface area contributed by atoms with Gasteiger partial charge < -0.3 is 19.9 Å². The van der Waals surface area contributed by atoms with Crippen LogP contribution in [-0.2, 0) is 4.79 Å². The number of anilines is 1. The first-order valence-corrected chi connectivity index (χ1v) is 7.59. The zero-order chi connectivity index (χ0) is 18.2. The van der Waals surface area contributed by atoms with Gasteiger partial charge in [-0.3, -0.25) is 4.79 Å². The zero-order valence-corrected chi connectivity index (χ0v) is 12.9. The summed E-state index contributed by atoms with van der Waals surface area (Å²) in [7, 11) is 0. The van der Waals surface area contributed by atoms with Crippen molar-refractivity contribution in [2.24, 2.45) is 0 Å². The Bertz CT molecular complexity index is 676. The summed E-state index contributed by atoms with van der Waals surface area (Å²) in [4.78, 5) is 26.8. The van der Waals surface area contributed by atoms with E-state index in [1.165, 1.54) is 21.9 Å². The molecule has 2 fully saturated rings. The molecule has 2 aliphatic rings. The van der Waals surface area contributed by atoms with Crippen molar-refractivity contribution in [3.63, 3.8) is 0 Å². The molecule has 0 aliphatic carbocycles. The predicted octanol–water partition coefficient (Wildman–Crippen LogP) is 2.05. The largest absolute Gasteiger partial charge is 0.573 e. The zero-order valence-electron chi connectivity index (χ0n) is 12.9. The minimum Gasteiger partial charge on any atom is -0.406 e. The van der Waals surface area contributed by atoms with E-state index in [1.807, 2.05) is 0 Å². The van der Waals surface area contributed by atoms with Crippen LogP contribution in [0.2, 0.25) is 0 Å². The number of likely N-dealkylation sites (tertiary alicyclic amines) is 1. The molecule has 136 valence electrons. The second-order valence-corrected chi connectivity index (χ2v) is 5.83. The molecule has 1 N–H and O–H groups in total. The Morgan fingerprint density at radius 3 is 2.64 bits per heavy atom. The van der Waals surface area contributed by atoms with Crippen LogP contribution >= 0.6 is 0 Å². The fourth-order valence-electron chi connectivity index (χ4n) is 2.75. The van der Waals surface area contributed by atoms with Gasteiger partial charge in [-0.15, -0.1) is 13.2 Å². The number of benzene rings is 1. The highest BCUT2D eigenvalue weighted by molar-refractivity contribution is 6.01. The van der Waals surface area contributed by atoms with Crippen LogP contribution in [0.1, 0.15) is 6.42 Å². The molecule has 3 rings (SSSR count). The predicted molar refractivity (Wildman–Crippen MR) is 78.9 cm³/mol. The van der Waals surface area contributed by atoms with Crippen LogP contribution in [0.3, 0.4) is 0 Å². The molecule has 25 heavy (non-hydrogen) atoms. The highest BCUT2D eigenvalue weighted by atomic mass is 19.4. The van der Waals surface area contributed by atoms with E-state index in [-0.39, 0.29) is 25.3 Å².